The number of nitrogens with zero attached hydrogens (tertiary/aromatic N) is 2. The Bertz CT molecular complexity index is 622. The number of nitrogens with one attached hydrogen (secondary N) is 1. The van der Waals surface area contributed by atoms with Gasteiger partial charge in [-0.3, -0.25) is 4.79 Å². The van der Waals surface area contributed by atoms with Crippen LogP contribution in [0.1, 0.15) is 61.5 Å². The van der Waals surface area contributed by atoms with E-state index in [1.165, 1.54) is 0 Å². The first-order valence-electron chi connectivity index (χ1n) is 7.24. The number of Topliss-reactive ketones (excluding diaryl/α,β-unsaturated/α-hetero) is 1. The van der Waals surface area contributed by atoms with Crippen LogP contribution >= 0.6 is 0 Å². The second-order valence-electron chi connectivity index (χ2n) is 6.42. The minimum absolute atomic E-state index is 0.0433. The standard InChI is InChI=1S/C16H21N3O/c1-4-12(15-17-6-7-18-15)19-8-5-11-13(19)9-16(2,3)10-14(11)20/h5-8,12H,4,9-10H2,1-3H3,(H,17,18). The predicted molar refractivity (Wildman–Crippen MR) is 77.9 cm³/mol. The van der Waals surface area contributed by atoms with Gasteiger partial charge in [-0.25, -0.2) is 4.98 Å². The lowest BCUT2D eigenvalue weighted by Gasteiger charge is -2.31. The van der Waals surface area contributed by atoms with E-state index in [2.05, 4.69) is 35.3 Å². The smallest absolute Gasteiger partial charge is 0.165 e. The Morgan fingerprint density at radius 3 is 2.90 bits per heavy atom. The van der Waals surface area contributed by atoms with Crippen LogP contribution in [-0.2, 0) is 6.42 Å². The third-order valence-corrected chi connectivity index (χ3v) is 4.17. The molecule has 0 bridgehead atoms. The van der Waals surface area contributed by atoms with Gasteiger partial charge in [0.25, 0.3) is 0 Å². The highest BCUT2D eigenvalue weighted by Gasteiger charge is 2.34. The molecule has 0 fully saturated rings. The average Bonchev–Trinajstić information content (AvgIpc) is 3.00. The molecule has 0 saturated heterocycles. The quantitative estimate of drug-likeness (QED) is 0.930. The van der Waals surface area contributed by atoms with E-state index in [9.17, 15) is 4.79 Å². The van der Waals surface area contributed by atoms with E-state index >= 15 is 0 Å². The molecule has 1 unspecified atom stereocenters. The minimum Gasteiger partial charge on any atom is -0.347 e. The zero-order valence-electron chi connectivity index (χ0n) is 12.3. The maximum Gasteiger partial charge on any atom is 0.165 e. The van der Waals surface area contributed by atoms with Crippen molar-refractivity contribution in [2.75, 3.05) is 0 Å². The van der Waals surface area contributed by atoms with Crippen molar-refractivity contribution in [1.29, 1.82) is 0 Å². The number of aromatic nitrogens is 3. The highest BCUT2D eigenvalue weighted by molar-refractivity contribution is 5.98. The maximum absolute atomic E-state index is 12.3. The lowest BCUT2D eigenvalue weighted by molar-refractivity contribution is 0.0909. The summed E-state index contributed by atoms with van der Waals surface area (Å²) in [6.45, 7) is 6.48. The Kier molecular flexibility index (Phi) is 3.04. The Morgan fingerprint density at radius 2 is 2.25 bits per heavy atom. The molecular weight excluding hydrogens is 250 g/mol. The number of fused-ring (bicyclic) bond motifs is 1. The van der Waals surface area contributed by atoms with Gasteiger partial charge in [-0.1, -0.05) is 20.8 Å². The van der Waals surface area contributed by atoms with Crippen LogP contribution in [0.4, 0.5) is 0 Å². The fourth-order valence-electron chi connectivity index (χ4n) is 3.24. The van der Waals surface area contributed by atoms with Gasteiger partial charge in [0.1, 0.15) is 5.82 Å². The molecule has 0 amide bonds. The molecule has 1 atom stereocenters. The molecule has 4 heteroatoms. The summed E-state index contributed by atoms with van der Waals surface area (Å²) in [4.78, 5) is 19.9. The van der Waals surface area contributed by atoms with Crippen LogP contribution in [0, 0.1) is 5.41 Å². The molecule has 1 aliphatic carbocycles. The highest BCUT2D eigenvalue weighted by atomic mass is 16.1. The molecule has 4 nitrogen and oxygen atoms in total. The van der Waals surface area contributed by atoms with Gasteiger partial charge in [0.2, 0.25) is 0 Å². The van der Waals surface area contributed by atoms with Crippen LogP contribution in [0.2, 0.25) is 0 Å². The van der Waals surface area contributed by atoms with E-state index in [4.69, 9.17) is 0 Å². The fraction of sp³-hybridized carbons (Fsp3) is 0.500. The third-order valence-electron chi connectivity index (χ3n) is 4.17. The Morgan fingerprint density at radius 1 is 1.45 bits per heavy atom. The fourth-order valence-corrected chi connectivity index (χ4v) is 3.24. The molecule has 0 spiro atoms. The number of rotatable bonds is 3. The minimum atomic E-state index is 0.0433. The number of aromatic amines is 1. The number of hydrogen-bond acceptors (Lipinski definition) is 2. The molecule has 2 aromatic rings. The molecule has 0 aromatic carbocycles. The summed E-state index contributed by atoms with van der Waals surface area (Å²) in [5.41, 5.74) is 2.10. The summed E-state index contributed by atoms with van der Waals surface area (Å²) in [6.07, 6.45) is 8.20. The lowest BCUT2D eigenvalue weighted by atomic mass is 9.76. The number of H-pyrrole nitrogens is 1. The van der Waals surface area contributed by atoms with Gasteiger partial charge in [0.15, 0.2) is 5.78 Å². The monoisotopic (exact) mass is 271 g/mol. The van der Waals surface area contributed by atoms with E-state index in [-0.39, 0.29) is 17.2 Å². The van der Waals surface area contributed by atoms with Gasteiger partial charge < -0.3 is 9.55 Å². The average molecular weight is 271 g/mol. The van der Waals surface area contributed by atoms with Crippen molar-refractivity contribution >= 4 is 5.78 Å². The first-order chi connectivity index (χ1) is 9.52. The van der Waals surface area contributed by atoms with Crippen molar-refractivity contribution in [3.05, 3.63) is 41.7 Å². The molecule has 0 saturated carbocycles. The SMILES string of the molecule is CCC(c1ncc[nH]1)n1ccc2c1CC(C)(C)CC2=O. The predicted octanol–water partition coefficient (Wildman–Crippen LogP) is 3.37. The largest absolute Gasteiger partial charge is 0.347 e. The summed E-state index contributed by atoms with van der Waals surface area (Å²) < 4.78 is 2.23. The summed E-state index contributed by atoms with van der Waals surface area (Å²) in [5.74, 6) is 1.23. The summed E-state index contributed by atoms with van der Waals surface area (Å²) in [7, 11) is 0. The first-order valence-corrected chi connectivity index (χ1v) is 7.24. The normalized spacial score (nSPS) is 18.9. The molecule has 1 aliphatic rings. The van der Waals surface area contributed by atoms with Gasteiger partial charge in [-0.05, 0) is 24.3 Å². The van der Waals surface area contributed by atoms with Crippen LogP contribution in [-0.4, -0.2) is 20.3 Å². The van der Waals surface area contributed by atoms with E-state index in [1.54, 1.807) is 6.20 Å². The number of imidazole rings is 1. The van der Waals surface area contributed by atoms with Crippen molar-refractivity contribution in [3.63, 3.8) is 0 Å². The number of ketones is 1. The molecule has 106 valence electrons. The van der Waals surface area contributed by atoms with Crippen molar-refractivity contribution in [1.82, 2.24) is 14.5 Å². The summed E-state index contributed by atoms with van der Waals surface area (Å²) in [6, 6.07) is 2.15. The summed E-state index contributed by atoms with van der Waals surface area (Å²) in [5, 5.41) is 0. The molecule has 0 aliphatic heterocycles. The van der Waals surface area contributed by atoms with Crippen molar-refractivity contribution in [2.24, 2.45) is 5.41 Å². The second kappa shape index (κ2) is 4.62. The van der Waals surface area contributed by atoms with Crippen molar-refractivity contribution < 1.29 is 4.79 Å². The second-order valence-corrected chi connectivity index (χ2v) is 6.42. The van der Waals surface area contributed by atoms with E-state index in [1.807, 2.05) is 18.5 Å². The third kappa shape index (κ3) is 2.09. The topological polar surface area (TPSA) is 50.7 Å². The Balaban J connectivity index is 2.06. The molecule has 2 aromatic heterocycles. The zero-order valence-corrected chi connectivity index (χ0v) is 12.3. The molecule has 20 heavy (non-hydrogen) atoms. The van der Waals surface area contributed by atoms with Crippen LogP contribution in [0.25, 0.3) is 0 Å². The van der Waals surface area contributed by atoms with Crippen LogP contribution in [0.15, 0.2) is 24.7 Å². The first kappa shape index (κ1) is 13.2. The number of hydrogen-bond donors (Lipinski definition) is 1. The zero-order chi connectivity index (χ0) is 14.3. The number of carbonyl (C=O) groups excluding carboxylic acids is 1. The van der Waals surface area contributed by atoms with Gasteiger partial charge in [0.05, 0.1) is 6.04 Å². The number of carbonyl (C=O) groups is 1. The van der Waals surface area contributed by atoms with E-state index in [0.29, 0.717) is 6.42 Å². The molecule has 3 rings (SSSR count). The van der Waals surface area contributed by atoms with Gasteiger partial charge in [0, 0.05) is 36.3 Å². The van der Waals surface area contributed by atoms with Crippen molar-refractivity contribution in [2.45, 2.75) is 46.1 Å². The Labute approximate surface area is 119 Å². The van der Waals surface area contributed by atoms with Crippen molar-refractivity contribution in [3.8, 4) is 0 Å². The van der Waals surface area contributed by atoms with Gasteiger partial charge in [-0.2, -0.15) is 0 Å². The molecule has 2 heterocycles. The molecule has 1 N–H and O–H groups in total. The van der Waals surface area contributed by atoms with Crippen LogP contribution in [0.3, 0.4) is 0 Å². The van der Waals surface area contributed by atoms with E-state index in [0.717, 1.165) is 29.9 Å². The van der Waals surface area contributed by atoms with Crippen LogP contribution < -0.4 is 0 Å². The maximum atomic E-state index is 12.3. The van der Waals surface area contributed by atoms with E-state index < -0.39 is 0 Å². The Hall–Kier alpha value is -1.84. The lowest BCUT2D eigenvalue weighted by Crippen LogP contribution is -2.29. The molecule has 0 radical (unpaired) electrons. The summed E-state index contributed by atoms with van der Waals surface area (Å²) >= 11 is 0. The highest BCUT2D eigenvalue weighted by Crippen LogP contribution is 2.37. The van der Waals surface area contributed by atoms with Gasteiger partial charge in [-0.15, -0.1) is 0 Å². The van der Waals surface area contributed by atoms with Crippen LogP contribution in [0.5, 0.6) is 0 Å². The molecular formula is C16H21N3O. The van der Waals surface area contributed by atoms with Gasteiger partial charge >= 0.3 is 0 Å².